The summed E-state index contributed by atoms with van der Waals surface area (Å²) in [4.78, 5) is 14.2. The molecule has 1 heterocycles. The molecule has 1 N–H and O–H groups in total. The van der Waals surface area contributed by atoms with E-state index in [-0.39, 0.29) is 5.97 Å². The van der Waals surface area contributed by atoms with E-state index in [2.05, 4.69) is 10.2 Å². The first-order valence-corrected chi connectivity index (χ1v) is 9.19. The molecule has 0 aliphatic carbocycles. The molecule has 27 heavy (non-hydrogen) atoms. The molecule has 0 aromatic heterocycles. The van der Waals surface area contributed by atoms with E-state index in [0.29, 0.717) is 18.7 Å². The van der Waals surface area contributed by atoms with E-state index in [1.807, 2.05) is 42.5 Å². The van der Waals surface area contributed by atoms with Crippen molar-refractivity contribution in [3.05, 3.63) is 48.0 Å². The Morgan fingerprint density at radius 1 is 1.04 bits per heavy atom. The van der Waals surface area contributed by atoms with Crippen molar-refractivity contribution < 1.29 is 19.0 Å². The predicted molar refractivity (Wildman–Crippen MR) is 106 cm³/mol. The van der Waals surface area contributed by atoms with Crippen molar-refractivity contribution in [2.75, 3.05) is 50.7 Å². The molecule has 1 aliphatic heterocycles. The van der Waals surface area contributed by atoms with Gasteiger partial charge in [0.15, 0.2) is 0 Å². The van der Waals surface area contributed by atoms with Crippen molar-refractivity contribution in [3.8, 4) is 11.5 Å². The van der Waals surface area contributed by atoms with E-state index in [1.54, 1.807) is 7.11 Å². The molecule has 1 aliphatic rings. The molecule has 1 saturated heterocycles. The number of nitrogens with zero attached hydrogens (tertiary/aromatic N) is 1. The molecule has 0 radical (unpaired) electrons. The maximum absolute atomic E-state index is 11.9. The van der Waals surface area contributed by atoms with Gasteiger partial charge < -0.3 is 24.4 Å². The summed E-state index contributed by atoms with van der Waals surface area (Å²) in [5.74, 6) is 1.26. The number of carbonyl (C=O) groups is 1. The molecule has 144 valence electrons. The monoisotopic (exact) mass is 370 g/mol. The lowest BCUT2D eigenvalue weighted by Gasteiger charge is -2.22. The second-order valence-electron chi connectivity index (χ2n) is 6.37. The first kappa shape index (κ1) is 18.9. The van der Waals surface area contributed by atoms with Crippen LogP contribution in [0.25, 0.3) is 0 Å². The van der Waals surface area contributed by atoms with Gasteiger partial charge in [0.2, 0.25) is 0 Å². The number of benzene rings is 2. The fourth-order valence-corrected chi connectivity index (χ4v) is 3.18. The summed E-state index contributed by atoms with van der Waals surface area (Å²) in [6, 6.07) is 13.2. The topological polar surface area (TPSA) is 60.0 Å². The van der Waals surface area contributed by atoms with Crippen LogP contribution < -0.4 is 19.7 Å². The number of anilines is 2. The second-order valence-corrected chi connectivity index (χ2v) is 6.37. The van der Waals surface area contributed by atoms with Gasteiger partial charge in [-0.05, 0) is 55.3 Å². The summed E-state index contributed by atoms with van der Waals surface area (Å²) in [5.41, 5.74) is 2.58. The highest BCUT2D eigenvalue weighted by molar-refractivity contribution is 5.92. The van der Waals surface area contributed by atoms with Crippen LogP contribution in [-0.4, -0.2) is 46.4 Å². The Morgan fingerprint density at radius 3 is 2.41 bits per heavy atom. The van der Waals surface area contributed by atoms with Gasteiger partial charge in [0.05, 0.1) is 31.2 Å². The normalized spacial score (nSPS) is 13.3. The van der Waals surface area contributed by atoms with Crippen molar-refractivity contribution in [1.82, 2.24) is 0 Å². The van der Waals surface area contributed by atoms with Gasteiger partial charge in [-0.25, -0.2) is 4.79 Å². The Morgan fingerprint density at radius 2 is 1.74 bits per heavy atom. The van der Waals surface area contributed by atoms with Gasteiger partial charge in [-0.3, -0.25) is 0 Å². The molecule has 2 aromatic carbocycles. The van der Waals surface area contributed by atoms with Gasteiger partial charge in [-0.1, -0.05) is 0 Å². The third kappa shape index (κ3) is 4.84. The van der Waals surface area contributed by atoms with Gasteiger partial charge in [0.25, 0.3) is 0 Å². The summed E-state index contributed by atoms with van der Waals surface area (Å²) >= 11 is 0. The zero-order valence-electron chi connectivity index (χ0n) is 15.9. The number of rotatable bonds is 8. The molecular weight excluding hydrogens is 344 g/mol. The van der Waals surface area contributed by atoms with Gasteiger partial charge in [0.1, 0.15) is 18.1 Å². The highest BCUT2D eigenvalue weighted by Crippen LogP contribution is 2.30. The second kappa shape index (κ2) is 9.16. The van der Waals surface area contributed by atoms with Gasteiger partial charge in [-0.15, -0.1) is 0 Å². The molecule has 0 bridgehead atoms. The Bertz CT molecular complexity index is 755. The van der Waals surface area contributed by atoms with E-state index < -0.39 is 0 Å². The molecule has 1 fully saturated rings. The standard InChI is InChI=1S/C21H26N2O4/c1-25-17-6-8-18(9-7-17)27-14-11-22-19-15-16(21(24)26-2)5-10-20(19)23-12-3-4-13-23/h5-10,15,22H,3-4,11-14H2,1-2H3. The smallest absolute Gasteiger partial charge is 0.337 e. The van der Waals surface area contributed by atoms with Gasteiger partial charge >= 0.3 is 5.97 Å². The van der Waals surface area contributed by atoms with E-state index in [1.165, 1.54) is 20.0 Å². The van der Waals surface area contributed by atoms with Crippen LogP contribution in [0.1, 0.15) is 23.2 Å². The molecule has 6 heteroatoms. The molecule has 2 aromatic rings. The summed E-state index contributed by atoms with van der Waals surface area (Å²) in [7, 11) is 3.03. The van der Waals surface area contributed by atoms with Gasteiger partial charge in [-0.2, -0.15) is 0 Å². The number of esters is 1. The molecule has 6 nitrogen and oxygen atoms in total. The lowest BCUT2D eigenvalue weighted by atomic mass is 10.1. The van der Waals surface area contributed by atoms with Crippen molar-refractivity contribution in [2.45, 2.75) is 12.8 Å². The predicted octanol–water partition coefficient (Wildman–Crippen LogP) is 3.57. The van der Waals surface area contributed by atoms with Crippen LogP contribution in [0.2, 0.25) is 0 Å². The minimum absolute atomic E-state index is 0.333. The Hall–Kier alpha value is -2.89. The van der Waals surface area contributed by atoms with Crippen LogP contribution in [0, 0.1) is 0 Å². The van der Waals surface area contributed by atoms with Crippen LogP contribution >= 0.6 is 0 Å². The quantitative estimate of drug-likeness (QED) is 0.566. The lowest BCUT2D eigenvalue weighted by molar-refractivity contribution is 0.0601. The first-order chi connectivity index (χ1) is 13.2. The number of methoxy groups -OCH3 is 2. The van der Waals surface area contributed by atoms with Crippen molar-refractivity contribution in [1.29, 1.82) is 0 Å². The molecule has 0 atom stereocenters. The zero-order valence-corrected chi connectivity index (χ0v) is 15.9. The van der Waals surface area contributed by atoms with Crippen molar-refractivity contribution in [3.63, 3.8) is 0 Å². The number of ether oxygens (including phenoxy) is 3. The molecule has 0 amide bonds. The fourth-order valence-electron chi connectivity index (χ4n) is 3.18. The van der Waals surface area contributed by atoms with Crippen LogP contribution in [0.3, 0.4) is 0 Å². The highest BCUT2D eigenvalue weighted by Gasteiger charge is 2.17. The zero-order chi connectivity index (χ0) is 19.1. The van der Waals surface area contributed by atoms with Crippen LogP contribution in [0.15, 0.2) is 42.5 Å². The fraction of sp³-hybridized carbons (Fsp3) is 0.381. The molecule has 0 unspecified atom stereocenters. The average molecular weight is 370 g/mol. The first-order valence-electron chi connectivity index (χ1n) is 9.19. The van der Waals surface area contributed by atoms with E-state index >= 15 is 0 Å². The summed E-state index contributed by atoms with van der Waals surface area (Å²) < 4.78 is 15.8. The average Bonchev–Trinajstić information content (AvgIpc) is 3.25. The Kier molecular flexibility index (Phi) is 6.41. The summed E-state index contributed by atoms with van der Waals surface area (Å²) in [6.45, 7) is 3.20. The number of hydrogen-bond donors (Lipinski definition) is 1. The summed E-state index contributed by atoms with van der Waals surface area (Å²) in [5, 5.41) is 3.40. The van der Waals surface area contributed by atoms with E-state index in [4.69, 9.17) is 14.2 Å². The van der Waals surface area contributed by atoms with Crippen molar-refractivity contribution in [2.24, 2.45) is 0 Å². The molecule has 0 spiro atoms. The third-order valence-electron chi connectivity index (χ3n) is 4.61. The minimum atomic E-state index is -0.333. The highest BCUT2D eigenvalue weighted by atomic mass is 16.5. The SMILES string of the molecule is COC(=O)c1ccc(N2CCCC2)c(NCCOc2ccc(OC)cc2)c1. The largest absolute Gasteiger partial charge is 0.497 e. The minimum Gasteiger partial charge on any atom is -0.497 e. The maximum atomic E-state index is 11.9. The lowest BCUT2D eigenvalue weighted by Crippen LogP contribution is -2.21. The molecule has 0 saturated carbocycles. The van der Waals surface area contributed by atoms with Crippen LogP contribution in [0.4, 0.5) is 11.4 Å². The van der Waals surface area contributed by atoms with E-state index in [9.17, 15) is 4.79 Å². The maximum Gasteiger partial charge on any atom is 0.337 e. The van der Waals surface area contributed by atoms with E-state index in [0.717, 1.165) is 36.0 Å². The number of nitrogens with one attached hydrogen (secondary N) is 1. The number of hydrogen-bond acceptors (Lipinski definition) is 6. The van der Waals surface area contributed by atoms with Gasteiger partial charge in [0, 0.05) is 19.6 Å². The molecular formula is C21H26N2O4. The Labute approximate surface area is 160 Å². The van der Waals surface area contributed by atoms with Crippen LogP contribution in [0.5, 0.6) is 11.5 Å². The third-order valence-corrected chi connectivity index (χ3v) is 4.61. The van der Waals surface area contributed by atoms with Crippen molar-refractivity contribution >= 4 is 17.3 Å². The Balaban J connectivity index is 1.63. The molecule has 3 rings (SSSR count). The summed E-state index contributed by atoms with van der Waals surface area (Å²) in [6.07, 6.45) is 2.39. The number of carbonyl (C=O) groups excluding carboxylic acids is 1. The van der Waals surface area contributed by atoms with Crippen LogP contribution in [-0.2, 0) is 4.74 Å².